The van der Waals surface area contributed by atoms with Gasteiger partial charge < -0.3 is 9.47 Å². The second kappa shape index (κ2) is 8.10. The van der Waals surface area contributed by atoms with E-state index in [0.717, 1.165) is 34.8 Å². The van der Waals surface area contributed by atoms with E-state index in [0.29, 0.717) is 12.5 Å². The summed E-state index contributed by atoms with van der Waals surface area (Å²) in [6, 6.07) is 25.5. The minimum atomic E-state index is -0.235. The zero-order chi connectivity index (χ0) is 21.4. The summed E-state index contributed by atoms with van der Waals surface area (Å²) in [4.78, 5) is 0. The van der Waals surface area contributed by atoms with Crippen LogP contribution in [0.25, 0.3) is 0 Å². The lowest BCUT2D eigenvalue weighted by Gasteiger charge is -2.38. The Morgan fingerprint density at radius 3 is 2.45 bits per heavy atom. The summed E-state index contributed by atoms with van der Waals surface area (Å²) < 4.78 is 12.1. The highest BCUT2D eigenvalue weighted by Crippen LogP contribution is 2.47. The first kappa shape index (κ1) is 19.7. The first-order chi connectivity index (χ1) is 15.1. The van der Waals surface area contributed by atoms with Crippen molar-refractivity contribution < 1.29 is 9.47 Å². The molecule has 4 nitrogen and oxygen atoms in total. The molecule has 2 atom stereocenters. The zero-order valence-electron chi connectivity index (χ0n) is 18.3. The van der Waals surface area contributed by atoms with Crippen LogP contribution in [0.15, 0.2) is 77.9 Å². The maximum Gasteiger partial charge on any atom is 0.213 e. The first-order valence-electron chi connectivity index (χ1n) is 11.1. The van der Waals surface area contributed by atoms with Crippen molar-refractivity contribution in [3.05, 3.63) is 95.1 Å². The molecule has 4 heteroatoms. The van der Waals surface area contributed by atoms with Crippen LogP contribution < -0.4 is 9.47 Å². The monoisotopic (exact) mass is 412 g/mol. The van der Waals surface area contributed by atoms with Gasteiger partial charge >= 0.3 is 0 Å². The van der Waals surface area contributed by atoms with Crippen LogP contribution in [0.4, 0.5) is 0 Å². The zero-order valence-corrected chi connectivity index (χ0v) is 18.3. The van der Waals surface area contributed by atoms with E-state index in [1.54, 1.807) is 0 Å². The van der Waals surface area contributed by atoms with Crippen LogP contribution in [0.1, 0.15) is 67.6 Å². The van der Waals surface area contributed by atoms with E-state index in [2.05, 4.69) is 73.5 Å². The number of hydrogen-bond acceptors (Lipinski definition) is 4. The van der Waals surface area contributed by atoms with Gasteiger partial charge in [-0.1, -0.05) is 56.3 Å². The molecule has 0 radical (unpaired) electrons. The molecule has 5 rings (SSSR count). The average molecular weight is 413 g/mol. The van der Waals surface area contributed by atoms with E-state index in [9.17, 15) is 0 Å². The number of rotatable bonds is 5. The molecule has 2 heterocycles. The molecule has 0 N–H and O–H groups in total. The third-order valence-corrected chi connectivity index (χ3v) is 6.09. The van der Waals surface area contributed by atoms with Crippen molar-refractivity contribution in [3.63, 3.8) is 0 Å². The SMILES string of the molecule is CCOc1ccc(C2=NN3[C@H](C2)c2ccccc2O[C@H]3c2ccc(C(C)C)cc2)cc1. The van der Waals surface area contributed by atoms with Gasteiger partial charge in [-0.3, -0.25) is 0 Å². The predicted octanol–water partition coefficient (Wildman–Crippen LogP) is 6.45. The third-order valence-electron chi connectivity index (χ3n) is 6.09. The Morgan fingerprint density at radius 2 is 1.74 bits per heavy atom. The van der Waals surface area contributed by atoms with Crippen molar-refractivity contribution in [2.45, 2.75) is 45.4 Å². The Kier molecular flexibility index (Phi) is 5.14. The van der Waals surface area contributed by atoms with Crippen molar-refractivity contribution in [2.75, 3.05) is 6.61 Å². The molecule has 3 aromatic rings. The molecule has 0 unspecified atom stereocenters. The van der Waals surface area contributed by atoms with Crippen LogP contribution in [0.3, 0.4) is 0 Å². The molecular formula is C27H28N2O2. The molecule has 158 valence electrons. The van der Waals surface area contributed by atoms with Crippen LogP contribution in [0.2, 0.25) is 0 Å². The fraction of sp³-hybridized carbons (Fsp3) is 0.296. The molecule has 2 aliphatic heterocycles. The van der Waals surface area contributed by atoms with E-state index < -0.39 is 0 Å². The maximum atomic E-state index is 6.47. The quantitative estimate of drug-likeness (QED) is 0.483. The van der Waals surface area contributed by atoms with Gasteiger partial charge in [-0.25, -0.2) is 5.01 Å². The Labute approximate surface area is 184 Å². The number of benzene rings is 3. The first-order valence-corrected chi connectivity index (χ1v) is 11.1. The van der Waals surface area contributed by atoms with Crippen molar-refractivity contribution in [1.29, 1.82) is 0 Å². The van der Waals surface area contributed by atoms with Crippen LogP contribution in [0.5, 0.6) is 11.5 Å². The molecule has 0 aliphatic carbocycles. The lowest BCUT2D eigenvalue weighted by Crippen LogP contribution is -2.33. The van der Waals surface area contributed by atoms with Gasteiger partial charge in [0.05, 0.1) is 18.4 Å². The van der Waals surface area contributed by atoms with Crippen LogP contribution >= 0.6 is 0 Å². The summed E-state index contributed by atoms with van der Waals surface area (Å²) in [6.45, 7) is 7.10. The molecule has 31 heavy (non-hydrogen) atoms. The summed E-state index contributed by atoms with van der Waals surface area (Å²) in [7, 11) is 0. The van der Waals surface area contributed by atoms with Crippen LogP contribution in [0, 0.1) is 0 Å². The second-order valence-corrected chi connectivity index (χ2v) is 8.43. The van der Waals surface area contributed by atoms with Gasteiger partial charge in [-0.2, -0.15) is 5.10 Å². The Balaban J connectivity index is 1.51. The average Bonchev–Trinajstić information content (AvgIpc) is 3.25. The van der Waals surface area contributed by atoms with Gasteiger partial charge in [0.1, 0.15) is 11.5 Å². The van der Waals surface area contributed by atoms with Crippen LogP contribution in [-0.4, -0.2) is 17.3 Å². The third kappa shape index (κ3) is 3.67. The fourth-order valence-electron chi connectivity index (χ4n) is 4.38. The molecule has 3 aromatic carbocycles. The van der Waals surface area contributed by atoms with E-state index in [1.807, 2.05) is 25.1 Å². The molecule has 2 aliphatic rings. The van der Waals surface area contributed by atoms with Crippen LogP contribution in [-0.2, 0) is 0 Å². The Morgan fingerprint density at radius 1 is 1.00 bits per heavy atom. The van der Waals surface area contributed by atoms with Gasteiger partial charge in [0.25, 0.3) is 0 Å². The van der Waals surface area contributed by atoms with Crippen molar-refractivity contribution >= 4 is 5.71 Å². The van der Waals surface area contributed by atoms with Gasteiger partial charge in [0.15, 0.2) is 0 Å². The predicted molar refractivity (Wildman–Crippen MR) is 124 cm³/mol. The highest BCUT2D eigenvalue weighted by molar-refractivity contribution is 6.02. The minimum absolute atomic E-state index is 0.168. The molecular weight excluding hydrogens is 384 g/mol. The van der Waals surface area contributed by atoms with E-state index in [-0.39, 0.29) is 12.3 Å². The number of fused-ring (bicyclic) bond motifs is 3. The highest BCUT2D eigenvalue weighted by Gasteiger charge is 2.40. The van der Waals surface area contributed by atoms with Gasteiger partial charge in [-0.15, -0.1) is 0 Å². The van der Waals surface area contributed by atoms with Crippen molar-refractivity contribution in [3.8, 4) is 11.5 Å². The molecule has 0 bridgehead atoms. The topological polar surface area (TPSA) is 34.1 Å². The fourth-order valence-corrected chi connectivity index (χ4v) is 4.38. The molecule has 0 saturated heterocycles. The normalized spacial score (nSPS) is 19.5. The van der Waals surface area contributed by atoms with E-state index >= 15 is 0 Å². The molecule has 0 amide bonds. The van der Waals surface area contributed by atoms with Gasteiger partial charge in [-0.05, 0) is 54.3 Å². The molecule has 0 aromatic heterocycles. The Hall–Kier alpha value is -3.27. The van der Waals surface area contributed by atoms with E-state index in [4.69, 9.17) is 14.6 Å². The van der Waals surface area contributed by atoms with Gasteiger partial charge in [0.2, 0.25) is 6.23 Å². The summed E-state index contributed by atoms with van der Waals surface area (Å²) in [6.07, 6.45) is 0.621. The number of ether oxygens (including phenoxy) is 2. The number of hydrogen-bond donors (Lipinski definition) is 0. The lowest BCUT2D eigenvalue weighted by molar-refractivity contribution is -0.0190. The largest absolute Gasteiger partial charge is 0.494 e. The minimum Gasteiger partial charge on any atom is -0.494 e. The second-order valence-electron chi connectivity index (χ2n) is 8.43. The van der Waals surface area contributed by atoms with E-state index in [1.165, 1.54) is 11.1 Å². The summed E-state index contributed by atoms with van der Waals surface area (Å²) in [5, 5.41) is 7.19. The highest BCUT2D eigenvalue weighted by atomic mass is 16.5. The summed E-state index contributed by atoms with van der Waals surface area (Å²) in [5.41, 5.74) is 5.86. The lowest BCUT2D eigenvalue weighted by atomic mass is 9.95. The molecule has 0 spiro atoms. The maximum absolute atomic E-state index is 6.47. The van der Waals surface area contributed by atoms with Crippen molar-refractivity contribution in [1.82, 2.24) is 5.01 Å². The number of hydrazone groups is 1. The van der Waals surface area contributed by atoms with Gasteiger partial charge in [0, 0.05) is 17.5 Å². The molecule has 0 fully saturated rings. The number of para-hydroxylation sites is 1. The number of nitrogens with zero attached hydrogens (tertiary/aromatic N) is 2. The van der Waals surface area contributed by atoms with Crippen molar-refractivity contribution in [2.24, 2.45) is 5.10 Å². The summed E-state index contributed by atoms with van der Waals surface area (Å²) >= 11 is 0. The molecule has 0 saturated carbocycles. The standard InChI is InChI=1S/C27H28N2O2/c1-4-30-22-15-13-20(14-16-22)24-17-25-23-7-5-6-8-26(23)31-27(29(25)28-24)21-11-9-19(10-12-21)18(2)3/h5-16,18,25,27H,4,17H2,1-3H3/t25-,27+/m1/s1. The smallest absolute Gasteiger partial charge is 0.213 e. The Bertz CT molecular complexity index is 1090. The summed E-state index contributed by atoms with van der Waals surface area (Å²) in [5.74, 6) is 2.34.